The lowest BCUT2D eigenvalue weighted by Crippen LogP contribution is -2.32. The van der Waals surface area contributed by atoms with E-state index in [1.165, 1.54) is 12.1 Å². The second-order valence-corrected chi connectivity index (χ2v) is 6.04. The molecule has 2 rings (SSSR count). The second-order valence-electron chi connectivity index (χ2n) is 5.06. The molecule has 5 heteroatoms. The van der Waals surface area contributed by atoms with Gasteiger partial charge in [-0.05, 0) is 29.5 Å². The first-order valence-corrected chi connectivity index (χ1v) is 7.55. The first kappa shape index (κ1) is 15.3. The van der Waals surface area contributed by atoms with Gasteiger partial charge in [-0.15, -0.1) is 11.3 Å². The number of carboxylic acids is 1. The SMILES string of the molecule is CC(C)C(NC(=O)c1ccccc1C(=O)O)c1cccs1. The predicted octanol–water partition coefficient (Wildman–Crippen LogP) is 3.57. The highest BCUT2D eigenvalue weighted by Gasteiger charge is 2.22. The quantitative estimate of drug-likeness (QED) is 0.887. The molecule has 1 heterocycles. The zero-order valence-corrected chi connectivity index (χ0v) is 12.7. The minimum absolute atomic E-state index is 0.0173. The molecule has 1 aromatic heterocycles. The summed E-state index contributed by atoms with van der Waals surface area (Å²) in [7, 11) is 0. The van der Waals surface area contributed by atoms with Crippen molar-refractivity contribution in [2.24, 2.45) is 5.92 Å². The Labute approximate surface area is 127 Å². The van der Waals surface area contributed by atoms with Gasteiger partial charge in [-0.25, -0.2) is 4.79 Å². The van der Waals surface area contributed by atoms with E-state index in [4.69, 9.17) is 5.11 Å². The maximum atomic E-state index is 12.4. The van der Waals surface area contributed by atoms with Gasteiger partial charge in [-0.3, -0.25) is 4.79 Å². The van der Waals surface area contributed by atoms with Gasteiger partial charge in [0.05, 0.1) is 17.2 Å². The zero-order chi connectivity index (χ0) is 15.4. The van der Waals surface area contributed by atoms with E-state index < -0.39 is 5.97 Å². The fraction of sp³-hybridized carbons (Fsp3) is 0.250. The van der Waals surface area contributed by atoms with Gasteiger partial charge in [-0.1, -0.05) is 32.0 Å². The van der Waals surface area contributed by atoms with Gasteiger partial charge in [-0.2, -0.15) is 0 Å². The van der Waals surface area contributed by atoms with Crippen LogP contribution < -0.4 is 5.32 Å². The van der Waals surface area contributed by atoms with Crippen LogP contribution >= 0.6 is 11.3 Å². The molecular formula is C16H17NO3S. The summed E-state index contributed by atoms with van der Waals surface area (Å²) in [6, 6.07) is 10.0. The largest absolute Gasteiger partial charge is 0.478 e. The number of carboxylic acid groups (broad SMARTS) is 1. The van der Waals surface area contributed by atoms with E-state index >= 15 is 0 Å². The highest BCUT2D eigenvalue weighted by Crippen LogP contribution is 2.26. The minimum atomic E-state index is -1.10. The van der Waals surface area contributed by atoms with Crippen molar-refractivity contribution in [2.75, 3.05) is 0 Å². The molecule has 1 aromatic carbocycles. The molecule has 1 amide bonds. The lowest BCUT2D eigenvalue weighted by atomic mass is 10.0. The first-order valence-electron chi connectivity index (χ1n) is 6.67. The van der Waals surface area contributed by atoms with Crippen LogP contribution in [0.5, 0.6) is 0 Å². The molecule has 2 aromatic rings. The Kier molecular flexibility index (Phi) is 4.75. The standard InChI is InChI=1S/C16H17NO3S/c1-10(2)14(13-8-5-9-21-13)17-15(18)11-6-3-4-7-12(11)16(19)20/h3-10,14H,1-2H3,(H,17,18)(H,19,20). The Hall–Kier alpha value is -2.14. The van der Waals surface area contributed by atoms with Crippen LogP contribution in [0.3, 0.4) is 0 Å². The molecule has 0 bridgehead atoms. The Bertz CT molecular complexity index is 635. The lowest BCUT2D eigenvalue weighted by Gasteiger charge is -2.21. The molecule has 0 aliphatic heterocycles. The average Bonchev–Trinajstić information content (AvgIpc) is 2.97. The van der Waals surface area contributed by atoms with E-state index in [0.29, 0.717) is 0 Å². The Morgan fingerprint density at radius 1 is 1.10 bits per heavy atom. The third-order valence-electron chi connectivity index (χ3n) is 3.21. The monoisotopic (exact) mass is 303 g/mol. The average molecular weight is 303 g/mol. The van der Waals surface area contributed by atoms with E-state index in [2.05, 4.69) is 5.32 Å². The molecule has 1 unspecified atom stereocenters. The van der Waals surface area contributed by atoms with Crippen LogP contribution in [0.1, 0.15) is 45.5 Å². The Morgan fingerprint density at radius 2 is 1.76 bits per heavy atom. The van der Waals surface area contributed by atoms with E-state index in [0.717, 1.165) is 4.88 Å². The summed E-state index contributed by atoms with van der Waals surface area (Å²) in [4.78, 5) is 24.7. The van der Waals surface area contributed by atoms with Crippen molar-refractivity contribution < 1.29 is 14.7 Å². The van der Waals surface area contributed by atoms with Crippen molar-refractivity contribution in [1.29, 1.82) is 0 Å². The zero-order valence-electron chi connectivity index (χ0n) is 11.9. The molecule has 0 spiro atoms. The van der Waals surface area contributed by atoms with Crippen LogP contribution in [0, 0.1) is 5.92 Å². The highest BCUT2D eigenvalue weighted by molar-refractivity contribution is 7.10. The van der Waals surface area contributed by atoms with E-state index in [1.807, 2.05) is 31.4 Å². The summed E-state index contributed by atoms with van der Waals surface area (Å²) in [6.07, 6.45) is 0. The fourth-order valence-corrected chi connectivity index (χ4v) is 3.07. The van der Waals surface area contributed by atoms with Crippen molar-refractivity contribution in [3.8, 4) is 0 Å². The number of hydrogen-bond acceptors (Lipinski definition) is 3. The lowest BCUT2D eigenvalue weighted by molar-refractivity contribution is 0.0690. The third kappa shape index (κ3) is 3.49. The van der Waals surface area contributed by atoms with Gasteiger partial charge < -0.3 is 10.4 Å². The molecule has 0 fully saturated rings. The maximum Gasteiger partial charge on any atom is 0.336 e. The van der Waals surface area contributed by atoms with Crippen LogP contribution in [0.25, 0.3) is 0 Å². The number of benzene rings is 1. The van der Waals surface area contributed by atoms with Crippen molar-refractivity contribution in [3.05, 3.63) is 57.8 Å². The van der Waals surface area contributed by atoms with Crippen LogP contribution in [-0.2, 0) is 0 Å². The van der Waals surface area contributed by atoms with Crippen LogP contribution in [0.2, 0.25) is 0 Å². The Balaban J connectivity index is 2.26. The summed E-state index contributed by atoms with van der Waals surface area (Å²) in [6.45, 7) is 4.04. The van der Waals surface area contributed by atoms with Crippen LogP contribution in [-0.4, -0.2) is 17.0 Å². The summed E-state index contributed by atoms with van der Waals surface area (Å²) in [5.74, 6) is -1.25. The van der Waals surface area contributed by atoms with Crippen molar-refractivity contribution in [2.45, 2.75) is 19.9 Å². The molecule has 110 valence electrons. The smallest absolute Gasteiger partial charge is 0.336 e. The molecule has 0 radical (unpaired) electrons. The van der Waals surface area contributed by atoms with Crippen molar-refractivity contribution in [3.63, 3.8) is 0 Å². The van der Waals surface area contributed by atoms with E-state index in [1.54, 1.807) is 23.5 Å². The molecule has 1 atom stereocenters. The molecule has 21 heavy (non-hydrogen) atoms. The van der Waals surface area contributed by atoms with Gasteiger partial charge >= 0.3 is 5.97 Å². The summed E-state index contributed by atoms with van der Waals surface area (Å²) in [5, 5.41) is 14.1. The number of carbonyl (C=O) groups excluding carboxylic acids is 1. The van der Waals surface area contributed by atoms with E-state index in [-0.39, 0.29) is 29.0 Å². The molecular weight excluding hydrogens is 286 g/mol. The molecule has 0 aliphatic carbocycles. The fourth-order valence-electron chi connectivity index (χ4n) is 2.12. The van der Waals surface area contributed by atoms with Crippen LogP contribution in [0.15, 0.2) is 41.8 Å². The van der Waals surface area contributed by atoms with Gasteiger partial charge in [0.15, 0.2) is 0 Å². The number of hydrogen-bond donors (Lipinski definition) is 2. The highest BCUT2D eigenvalue weighted by atomic mass is 32.1. The molecule has 0 saturated carbocycles. The number of amides is 1. The van der Waals surface area contributed by atoms with Crippen LogP contribution in [0.4, 0.5) is 0 Å². The van der Waals surface area contributed by atoms with Crippen molar-refractivity contribution >= 4 is 23.2 Å². The number of nitrogens with one attached hydrogen (secondary N) is 1. The first-order chi connectivity index (χ1) is 10.0. The van der Waals surface area contributed by atoms with Gasteiger partial charge in [0.2, 0.25) is 0 Å². The number of rotatable bonds is 5. The Morgan fingerprint density at radius 3 is 2.29 bits per heavy atom. The van der Waals surface area contributed by atoms with Gasteiger partial charge in [0.1, 0.15) is 0 Å². The molecule has 2 N–H and O–H groups in total. The minimum Gasteiger partial charge on any atom is -0.478 e. The van der Waals surface area contributed by atoms with Crippen molar-refractivity contribution in [1.82, 2.24) is 5.32 Å². The predicted molar refractivity (Wildman–Crippen MR) is 82.8 cm³/mol. The van der Waals surface area contributed by atoms with Gasteiger partial charge in [0.25, 0.3) is 5.91 Å². The van der Waals surface area contributed by atoms with E-state index in [9.17, 15) is 9.59 Å². The summed E-state index contributed by atoms with van der Waals surface area (Å²) >= 11 is 1.58. The number of thiophene rings is 1. The molecule has 0 saturated heterocycles. The normalized spacial score (nSPS) is 12.1. The van der Waals surface area contributed by atoms with Gasteiger partial charge in [0, 0.05) is 4.88 Å². The maximum absolute atomic E-state index is 12.4. The molecule has 0 aliphatic rings. The second kappa shape index (κ2) is 6.54. The topological polar surface area (TPSA) is 66.4 Å². The molecule has 4 nitrogen and oxygen atoms in total. The summed E-state index contributed by atoms with van der Waals surface area (Å²) < 4.78 is 0. The number of aromatic carboxylic acids is 1. The number of carbonyl (C=O) groups is 2. The third-order valence-corrected chi connectivity index (χ3v) is 4.16. The summed E-state index contributed by atoms with van der Waals surface area (Å²) in [5.41, 5.74) is 0.205.